The Bertz CT molecular complexity index is 1490. The van der Waals surface area contributed by atoms with Gasteiger partial charge in [0.2, 0.25) is 17.7 Å². The molecule has 0 saturated carbocycles. The Balaban J connectivity index is 1.69. The van der Waals surface area contributed by atoms with E-state index in [1.54, 1.807) is 0 Å². The van der Waals surface area contributed by atoms with Crippen molar-refractivity contribution in [2.24, 2.45) is 0 Å². The molecule has 4 fully saturated rings. The molecule has 0 aromatic heterocycles. The maximum atomic E-state index is 12.4. The summed E-state index contributed by atoms with van der Waals surface area (Å²) in [4.78, 5) is 36.1. The lowest BCUT2D eigenvalue weighted by Crippen LogP contribution is -2.70. The van der Waals surface area contributed by atoms with Gasteiger partial charge in [-0.25, -0.2) is 0 Å². The van der Waals surface area contributed by atoms with Gasteiger partial charge in [0, 0.05) is 20.8 Å². The standard InChI is InChI=1S/C36H63N3O25/c1-10-21(48)28(55)29(56)35(58-10)64-32-31(63-34-19(38-12(3)45)26(53)24(51)16(6-41)59-34)25(52)17(7-42)60-36(32)62-30-18(8-43)61-33(20(27(30)54)39-13(4)46)57-9-15(47)23(50)22(49)14(5-40)37-11(2)44/h10,14-36,40-43,47-56H,5-9H2,1-4H3,(H,37,44)(H,38,45)(H,39,46)/t10-,14-,15+,16+,17+,18+,19+,20+,21+,22+,23-,24-,25-,26+,27+,28+,29-,30+,31-,32+,33+,34+,35-,36-/m0/s1. The van der Waals surface area contributed by atoms with Crippen molar-refractivity contribution in [1.29, 1.82) is 0 Å². The van der Waals surface area contributed by atoms with E-state index in [0.717, 1.165) is 20.8 Å². The molecule has 3 amide bonds. The monoisotopic (exact) mass is 937 g/mol. The van der Waals surface area contributed by atoms with Crippen LogP contribution in [0.25, 0.3) is 0 Å². The van der Waals surface area contributed by atoms with Gasteiger partial charge in [-0.05, 0) is 6.92 Å². The van der Waals surface area contributed by atoms with Crippen LogP contribution in [-0.4, -0.2) is 269 Å². The predicted molar refractivity (Wildman–Crippen MR) is 202 cm³/mol. The summed E-state index contributed by atoms with van der Waals surface area (Å²) in [5.41, 5.74) is 0. The van der Waals surface area contributed by atoms with Crippen LogP contribution in [0, 0.1) is 0 Å². The first-order chi connectivity index (χ1) is 30.1. The van der Waals surface area contributed by atoms with Crippen molar-refractivity contribution < 1.29 is 124 Å². The lowest BCUT2D eigenvalue weighted by atomic mass is 9.94. The lowest BCUT2D eigenvalue weighted by molar-refractivity contribution is -0.398. The van der Waals surface area contributed by atoms with Gasteiger partial charge >= 0.3 is 0 Å². The summed E-state index contributed by atoms with van der Waals surface area (Å²) in [6.45, 7) is -0.138. The lowest BCUT2D eigenvalue weighted by Gasteiger charge is -2.51. The minimum absolute atomic E-state index is 0.674. The number of carbonyl (C=O) groups excluding carboxylic acids is 3. The topological polar surface area (TPSA) is 444 Å². The summed E-state index contributed by atoms with van der Waals surface area (Å²) in [7, 11) is 0. The van der Waals surface area contributed by atoms with Gasteiger partial charge in [0.25, 0.3) is 0 Å². The van der Waals surface area contributed by atoms with E-state index in [1.807, 2.05) is 0 Å². The highest BCUT2D eigenvalue weighted by Gasteiger charge is 2.57. The maximum Gasteiger partial charge on any atom is 0.217 e. The number of aliphatic hydroxyl groups excluding tert-OH is 14. The Morgan fingerprint density at radius 2 is 1.05 bits per heavy atom. The van der Waals surface area contributed by atoms with E-state index in [0.29, 0.717) is 0 Å². The normalized spacial score (nSPS) is 42.5. The van der Waals surface area contributed by atoms with Crippen molar-refractivity contribution in [1.82, 2.24) is 16.0 Å². The summed E-state index contributed by atoms with van der Waals surface area (Å²) in [5, 5.41) is 156. The molecule has 64 heavy (non-hydrogen) atoms. The van der Waals surface area contributed by atoms with E-state index in [9.17, 15) is 85.9 Å². The number of hydrogen-bond acceptors (Lipinski definition) is 25. The van der Waals surface area contributed by atoms with Crippen LogP contribution in [0.15, 0.2) is 0 Å². The van der Waals surface area contributed by atoms with E-state index in [4.69, 9.17) is 37.9 Å². The molecular weight excluding hydrogens is 874 g/mol. The highest BCUT2D eigenvalue weighted by molar-refractivity contribution is 5.74. The van der Waals surface area contributed by atoms with Gasteiger partial charge in [0.1, 0.15) is 110 Å². The van der Waals surface area contributed by atoms with Gasteiger partial charge in [-0.1, -0.05) is 0 Å². The van der Waals surface area contributed by atoms with Gasteiger partial charge in [0.15, 0.2) is 25.2 Å². The minimum Gasteiger partial charge on any atom is -0.394 e. The molecule has 4 rings (SSSR count). The maximum absolute atomic E-state index is 12.4. The molecule has 0 unspecified atom stereocenters. The molecule has 0 spiro atoms. The smallest absolute Gasteiger partial charge is 0.217 e. The van der Waals surface area contributed by atoms with Crippen LogP contribution < -0.4 is 16.0 Å². The Labute approximate surface area is 365 Å². The quantitative estimate of drug-likeness (QED) is 0.0572. The number of rotatable bonds is 19. The second-order valence-electron chi connectivity index (χ2n) is 15.9. The fourth-order valence-electron chi connectivity index (χ4n) is 7.65. The SMILES string of the molecule is CC(=O)N[C@H]1[C@H](OC[C@@H](O)[C@H](O)[C@H](O)[C@H](CO)NC(C)=O)O[C@H](CO)[C@@H](O[C@@H]2O[C@H](CO)[C@H](O)[C@H](O[C@H]3O[C@H](CO)[C@H](O)[C@H](O)[C@H]3NC(C)=O)[C@H]2O[C@@H]2O[C@@H](C)[C@@H](O)[C@@H](O)[C@@H]2O)[C@@H]1O. The van der Waals surface area contributed by atoms with Crippen LogP contribution in [0.1, 0.15) is 27.7 Å². The van der Waals surface area contributed by atoms with E-state index in [2.05, 4.69) is 16.0 Å². The summed E-state index contributed by atoms with van der Waals surface area (Å²) >= 11 is 0. The summed E-state index contributed by atoms with van der Waals surface area (Å²) < 4.78 is 46.8. The van der Waals surface area contributed by atoms with Crippen LogP contribution in [0.5, 0.6) is 0 Å². The average molecular weight is 938 g/mol. The molecule has 0 aromatic rings. The Morgan fingerprint density at radius 1 is 0.531 bits per heavy atom. The molecule has 0 aliphatic carbocycles. The third-order valence-corrected chi connectivity index (χ3v) is 11.1. The predicted octanol–water partition coefficient (Wildman–Crippen LogP) is -10.8. The third-order valence-electron chi connectivity index (χ3n) is 11.1. The second kappa shape index (κ2) is 24.0. The zero-order valence-electron chi connectivity index (χ0n) is 35.1. The molecule has 0 bridgehead atoms. The molecule has 4 aliphatic rings. The van der Waals surface area contributed by atoms with Crippen LogP contribution in [0.3, 0.4) is 0 Å². The van der Waals surface area contributed by atoms with Crippen molar-refractivity contribution in [2.75, 3.05) is 33.0 Å². The molecule has 372 valence electrons. The van der Waals surface area contributed by atoms with E-state index in [-0.39, 0.29) is 0 Å². The Hall–Kier alpha value is -2.47. The summed E-state index contributed by atoms with van der Waals surface area (Å²) in [5.74, 6) is -2.23. The first-order valence-corrected chi connectivity index (χ1v) is 20.4. The third kappa shape index (κ3) is 12.7. The molecule has 28 heteroatoms. The molecule has 24 atom stereocenters. The number of hydrogen-bond donors (Lipinski definition) is 17. The van der Waals surface area contributed by atoms with Crippen molar-refractivity contribution in [3.8, 4) is 0 Å². The molecular formula is C36H63N3O25. The number of amides is 3. The second-order valence-corrected chi connectivity index (χ2v) is 15.9. The molecule has 0 radical (unpaired) electrons. The van der Waals surface area contributed by atoms with Crippen LogP contribution >= 0.6 is 0 Å². The van der Waals surface area contributed by atoms with Gasteiger partial charge < -0.3 is 125 Å². The fraction of sp³-hybridized carbons (Fsp3) is 0.917. The van der Waals surface area contributed by atoms with Crippen molar-refractivity contribution in [2.45, 2.75) is 175 Å². The summed E-state index contributed by atoms with van der Waals surface area (Å²) in [6.07, 6.45) is -38.6. The van der Waals surface area contributed by atoms with E-state index in [1.165, 1.54) is 6.92 Å². The van der Waals surface area contributed by atoms with Gasteiger partial charge in [-0.3, -0.25) is 14.4 Å². The van der Waals surface area contributed by atoms with Crippen molar-refractivity contribution in [3.63, 3.8) is 0 Å². The molecule has 17 N–H and O–H groups in total. The Kier molecular flexibility index (Phi) is 20.3. The van der Waals surface area contributed by atoms with Gasteiger partial charge in [-0.15, -0.1) is 0 Å². The summed E-state index contributed by atoms with van der Waals surface area (Å²) in [6, 6.07) is -4.69. The first kappa shape index (κ1) is 54.1. The van der Waals surface area contributed by atoms with Crippen LogP contribution in [-0.2, 0) is 52.3 Å². The molecule has 4 aliphatic heterocycles. The highest BCUT2D eigenvalue weighted by atomic mass is 16.8. The fourth-order valence-corrected chi connectivity index (χ4v) is 7.65. The molecule has 4 saturated heterocycles. The van der Waals surface area contributed by atoms with Gasteiger partial charge in [0.05, 0.1) is 45.2 Å². The number of aliphatic hydroxyl groups is 14. The van der Waals surface area contributed by atoms with E-state index >= 15 is 0 Å². The van der Waals surface area contributed by atoms with Crippen molar-refractivity contribution in [3.05, 3.63) is 0 Å². The first-order valence-electron chi connectivity index (χ1n) is 20.4. The molecule has 28 nitrogen and oxygen atoms in total. The molecule has 0 aromatic carbocycles. The zero-order valence-corrected chi connectivity index (χ0v) is 35.1. The number of ether oxygens (including phenoxy) is 8. The zero-order chi connectivity index (χ0) is 47.9. The minimum atomic E-state index is -2.05. The van der Waals surface area contributed by atoms with E-state index < -0.39 is 198 Å². The average Bonchev–Trinajstić information content (AvgIpc) is 3.25. The Morgan fingerprint density at radius 3 is 1.59 bits per heavy atom. The number of carbonyl (C=O) groups is 3. The molecule has 4 heterocycles. The highest BCUT2D eigenvalue weighted by Crippen LogP contribution is 2.36. The number of nitrogens with one attached hydrogen (secondary N) is 3. The van der Waals surface area contributed by atoms with Crippen molar-refractivity contribution >= 4 is 17.7 Å². The van der Waals surface area contributed by atoms with Gasteiger partial charge in [-0.2, -0.15) is 0 Å². The van der Waals surface area contributed by atoms with Crippen LogP contribution in [0.4, 0.5) is 0 Å². The largest absolute Gasteiger partial charge is 0.394 e. The van der Waals surface area contributed by atoms with Crippen LogP contribution in [0.2, 0.25) is 0 Å².